The third-order valence-corrected chi connectivity index (χ3v) is 3.23. The molecular weight excluding hydrogens is 174 g/mol. The van der Waals surface area contributed by atoms with E-state index in [0.717, 1.165) is 19.6 Å². The Balaban J connectivity index is 1.92. The van der Waals surface area contributed by atoms with E-state index in [2.05, 4.69) is 23.5 Å². The molecule has 2 nitrogen and oxygen atoms in total. The summed E-state index contributed by atoms with van der Waals surface area (Å²) in [6.45, 7) is 2.85. The maximum absolute atomic E-state index is 5.42. The SMILES string of the molecule is c1cc2c(cc1C1CCN1)CCOC2. The van der Waals surface area contributed by atoms with Gasteiger partial charge in [-0.1, -0.05) is 18.2 Å². The first kappa shape index (κ1) is 8.45. The lowest BCUT2D eigenvalue weighted by Gasteiger charge is -2.29. The molecule has 14 heavy (non-hydrogen) atoms. The third kappa shape index (κ3) is 1.35. The third-order valence-electron chi connectivity index (χ3n) is 3.23. The Bertz CT molecular complexity index is 344. The van der Waals surface area contributed by atoms with Gasteiger partial charge in [0.25, 0.3) is 0 Å². The van der Waals surface area contributed by atoms with E-state index in [1.54, 1.807) is 0 Å². The van der Waals surface area contributed by atoms with Crippen LogP contribution in [0.3, 0.4) is 0 Å². The number of hydrogen-bond acceptors (Lipinski definition) is 2. The number of ether oxygens (including phenoxy) is 1. The predicted octanol–water partition coefficient (Wildman–Crippen LogP) is 1.79. The van der Waals surface area contributed by atoms with Crippen LogP contribution in [0.15, 0.2) is 18.2 Å². The van der Waals surface area contributed by atoms with Crippen molar-refractivity contribution in [1.29, 1.82) is 0 Å². The fourth-order valence-corrected chi connectivity index (χ4v) is 2.17. The van der Waals surface area contributed by atoms with Gasteiger partial charge >= 0.3 is 0 Å². The Morgan fingerprint density at radius 1 is 1.29 bits per heavy atom. The fraction of sp³-hybridized carbons (Fsp3) is 0.500. The summed E-state index contributed by atoms with van der Waals surface area (Å²) >= 11 is 0. The first-order valence-electron chi connectivity index (χ1n) is 5.36. The number of nitrogens with one attached hydrogen (secondary N) is 1. The van der Waals surface area contributed by atoms with Gasteiger partial charge in [0.05, 0.1) is 13.2 Å². The molecule has 1 N–H and O–H groups in total. The zero-order valence-corrected chi connectivity index (χ0v) is 8.25. The number of hydrogen-bond donors (Lipinski definition) is 1. The molecule has 1 fully saturated rings. The standard InChI is InChI=1S/C12H15NO/c1-2-11-8-14-6-4-9(11)7-10(1)12-3-5-13-12/h1-2,7,12-13H,3-6,8H2. The van der Waals surface area contributed by atoms with Crippen LogP contribution in [0.25, 0.3) is 0 Å². The Morgan fingerprint density at radius 2 is 2.21 bits per heavy atom. The molecule has 0 saturated carbocycles. The second kappa shape index (κ2) is 3.37. The van der Waals surface area contributed by atoms with Crippen LogP contribution in [0.1, 0.15) is 29.2 Å². The molecule has 74 valence electrons. The normalized spacial score (nSPS) is 25.3. The van der Waals surface area contributed by atoms with Crippen molar-refractivity contribution in [3.8, 4) is 0 Å². The molecule has 0 amide bonds. The number of fused-ring (bicyclic) bond motifs is 1. The minimum Gasteiger partial charge on any atom is -0.376 e. The zero-order valence-electron chi connectivity index (χ0n) is 8.25. The molecule has 0 aliphatic carbocycles. The molecule has 0 bridgehead atoms. The van der Waals surface area contributed by atoms with Gasteiger partial charge in [-0.3, -0.25) is 0 Å². The van der Waals surface area contributed by atoms with Crippen molar-refractivity contribution in [1.82, 2.24) is 5.32 Å². The molecule has 1 aromatic rings. The summed E-state index contributed by atoms with van der Waals surface area (Å²) in [5, 5.41) is 3.44. The van der Waals surface area contributed by atoms with Gasteiger partial charge in [0.1, 0.15) is 0 Å². The van der Waals surface area contributed by atoms with E-state index in [4.69, 9.17) is 4.74 Å². The van der Waals surface area contributed by atoms with E-state index >= 15 is 0 Å². The van der Waals surface area contributed by atoms with E-state index in [1.807, 2.05) is 0 Å². The topological polar surface area (TPSA) is 21.3 Å². The summed E-state index contributed by atoms with van der Waals surface area (Å²) in [5.74, 6) is 0. The minimum absolute atomic E-state index is 0.614. The summed E-state index contributed by atoms with van der Waals surface area (Å²) in [4.78, 5) is 0. The molecule has 2 aliphatic heterocycles. The second-order valence-corrected chi connectivity index (χ2v) is 4.13. The van der Waals surface area contributed by atoms with Crippen molar-refractivity contribution in [2.24, 2.45) is 0 Å². The van der Waals surface area contributed by atoms with E-state index in [1.165, 1.54) is 29.7 Å². The van der Waals surface area contributed by atoms with Crippen molar-refractivity contribution in [2.75, 3.05) is 13.2 Å². The molecule has 0 radical (unpaired) electrons. The molecule has 0 spiro atoms. The van der Waals surface area contributed by atoms with Gasteiger partial charge in [-0.25, -0.2) is 0 Å². The van der Waals surface area contributed by atoms with Gasteiger partial charge in [-0.2, -0.15) is 0 Å². The quantitative estimate of drug-likeness (QED) is 0.727. The van der Waals surface area contributed by atoms with Gasteiger partial charge in [-0.05, 0) is 36.1 Å². The van der Waals surface area contributed by atoms with Crippen LogP contribution in [0.5, 0.6) is 0 Å². The molecule has 2 aliphatic rings. The summed E-state index contributed by atoms with van der Waals surface area (Å²) in [6.07, 6.45) is 2.37. The Morgan fingerprint density at radius 3 is 3.00 bits per heavy atom. The molecule has 1 unspecified atom stereocenters. The van der Waals surface area contributed by atoms with Crippen LogP contribution < -0.4 is 5.32 Å². The van der Waals surface area contributed by atoms with Crippen LogP contribution in [-0.4, -0.2) is 13.2 Å². The lowest BCUT2D eigenvalue weighted by molar-refractivity contribution is 0.110. The van der Waals surface area contributed by atoms with Crippen molar-refractivity contribution in [3.05, 3.63) is 34.9 Å². The summed E-state index contributed by atoms with van der Waals surface area (Å²) in [5.41, 5.74) is 4.32. The highest BCUT2D eigenvalue weighted by Crippen LogP contribution is 2.26. The molecule has 1 saturated heterocycles. The molecule has 2 heterocycles. The largest absolute Gasteiger partial charge is 0.376 e. The van der Waals surface area contributed by atoms with Gasteiger partial charge in [-0.15, -0.1) is 0 Å². The van der Waals surface area contributed by atoms with Crippen molar-refractivity contribution >= 4 is 0 Å². The van der Waals surface area contributed by atoms with Crippen LogP contribution in [0.2, 0.25) is 0 Å². The van der Waals surface area contributed by atoms with Crippen LogP contribution in [0.4, 0.5) is 0 Å². The number of rotatable bonds is 1. The predicted molar refractivity (Wildman–Crippen MR) is 55.2 cm³/mol. The van der Waals surface area contributed by atoms with Crippen molar-refractivity contribution in [3.63, 3.8) is 0 Å². The Hall–Kier alpha value is -0.860. The fourth-order valence-electron chi connectivity index (χ4n) is 2.17. The van der Waals surface area contributed by atoms with Gasteiger partial charge in [0.15, 0.2) is 0 Å². The summed E-state index contributed by atoms with van der Waals surface area (Å²) in [7, 11) is 0. The molecular formula is C12H15NO. The molecule has 2 heteroatoms. The van der Waals surface area contributed by atoms with Crippen molar-refractivity contribution in [2.45, 2.75) is 25.5 Å². The molecule has 0 aromatic heterocycles. The lowest BCUT2D eigenvalue weighted by atomic mass is 9.93. The lowest BCUT2D eigenvalue weighted by Crippen LogP contribution is -2.35. The van der Waals surface area contributed by atoms with E-state index < -0.39 is 0 Å². The van der Waals surface area contributed by atoms with E-state index in [0.29, 0.717) is 6.04 Å². The van der Waals surface area contributed by atoms with Gasteiger partial charge in [0.2, 0.25) is 0 Å². The van der Waals surface area contributed by atoms with Crippen LogP contribution >= 0.6 is 0 Å². The average molecular weight is 189 g/mol. The van der Waals surface area contributed by atoms with E-state index in [-0.39, 0.29) is 0 Å². The first-order chi connectivity index (χ1) is 6.93. The number of benzene rings is 1. The Labute approximate surface area is 84.3 Å². The van der Waals surface area contributed by atoms with Crippen LogP contribution in [0, 0.1) is 0 Å². The Kier molecular flexibility index (Phi) is 2.03. The average Bonchev–Trinajstić information content (AvgIpc) is 2.15. The zero-order chi connectivity index (χ0) is 9.38. The monoisotopic (exact) mass is 189 g/mol. The molecule has 1 atom stereocenters. The van der Waals surface area contributed by atoms with Crippen molar-refractivity contribution < 1.29 is 4.74 Å². The second-order valence-electron chi connectivity index (χ2n) is 4.13. The van der Waals surface area contributed by atoms with E-state index in [9.17, 15) is 0 Å². The minimum atomic E-state index is 0.614. The summed E-state index contributed by atoms with van der Waals surface area (Å²) in [6, 6.07) is 7.44. The van der Waals surface area contributed by atoms with Gasteiger partial charge in [0, 0.05) is 6.04 Å². The smallest absolute Gasteiger partial charge is 0.0719 e. The van der Waals surface area contributed by atoms with Gasteiger partial charge < -0.3 is 10.1 Å². The highest BCUT2D eigenvalue weighted by atomic mass is 16.5. The summed E-state index contributed by atoms with van der Waals surface area (Å²) < 4.78 is 5.42. The highest BCUT2D eigenvalue weighted by molar-refractivity contribution is 5.35. The first-order valence-corrected chi connectivity index (χ1v) is 5.36. The molecule has 3 rings (SSSR count). The highest BCUT2D eigenvalue weighted by Gasteiger charge is 2.19. The maximum Gasteiger partial charge on any atom is 0.0719 e. The van der Waals surface area contributed by atoms with Crippen LogP contribution in [-0.2, 0) is 17.8 Å². The maximum atomic E-state index is 5.42. The molecule has 1 aromatic carbocycles.